The Balaban J connectivity index is 1.81. The Bertz CT molecular complexity index is 799. The maximum atomic E-state index is 12.5. The number of benzene rings is 2. The monoisotopic (exact) mass is 343 g/mol. The molecule has 1 aliphatic heterocycles. The van der Waals surface area contributed by atoms with E-state index in [1.165, 1.54) is 4.90 Å². The third-order valence-corrected chi connectivity index (χ3v) is 4.62. The molecule has 5 heteroatoms. The van der Waals surface area contributed by atoms with Crippen molar-refractivity contribution in [1.29, 1.82) is 0 Å². The number of carbonyl (C=O) groups is 2. The van der Waals surface area contributed by atoms with Crippen molar-refractivity contribution in [3.8, 4) is 0 Å². The second-order valence-corrected chi connectivity index (χ2v) is 6.74. The molecule has 3 rings (SSSR count). The van der Waals surface area contributed by atoms with E-state index < -0.39 is 0 Å². The number of rotatable bonds is 3. The van der Waals surface area contributed by atoms with Crippen LogP contribution >= 0.6 is 23.4 Å². The second kappa shape index (κ2) is 6.60. The van der Waals surface area contributed by atoms with Crippen LogP contribution in [0.15, 0.2) is 53.4 Å². The Kier molecular flexibility index (Phi) is 4.55. The molecule has 116 valence electrons. The molecule has 0 unspecified atom stereocenters. The lowest BCUT2D eigenvalue weighted by Gasteiger charge is -2.12. The minimum atomic E-state index is -0.263. The van der Waals surface area contributed by atoms with Gasteiger partial charge in [-0.25, -0.2) is 0 Å². The number of carbonyl (C=O) groups excluding carboxylic acids is 2. The SMILES string of the molecule is Cc1ccc(CN2C(=O)SC(=Cc3cccc(Cl)c3)C2=O)cc1. The highest BCUT2D eigenvalue weighted by molar-refractivity contribution is 8.18. The van der Waals surface area contributed by atoms with Crippen LogP contribution in [0.2, 0.25) is 5.02 Å². The van der Waals surface area contributed by atoms with Gasteiger partial charge in [0.15, 0.2) is 0 Å². The van der Waals surface area contributed by atoms with Crippen molar-refractivity contribution in [2.45, 2.75) is 13.5 Å². The average molecular weight is 344 g/mol. The van der Waals surface area contributed by atoms with Crippen LogP contribution in [0.3, 0.4) is 0 Å². The molecule has 2 amide bonds. The van der Waals surface area contributed by atoms with Gasteiger partial charge in [0.25, 0.3) is 11.1 Å². The van der Waals surface area contributed by atoms with E-state index in [0.29, 0.717) is 9.93 Å². The third kappa shape index (κ3) is 3.66. The Hall–Kier alpha value is -2.04. The minimum Gasteiger partial charge on any atom is -0.268 e. The van der Waals surface area contributed by atoms with Crippen LogP contribution in [0.25, 0.3) is 6.08 Å². The molecule has 3 nitrogen and oxygen atoms in total. The Morgan fingerprint density at radius 2 is 1.87 bits per heavy atom. The molecule has 0 spiro atoms. The summed E-state index contributed by atoms with van der Waals surface area (Å²) in [4.78, 5) is 26.3. The lowest BCUT2D eigenvalue weighted by molar-refractivity contribution is -0.123. The van der Waals surface area contributed by atoms with E-state index in [1.54, 1.807) is 18.2 Å². The maximum absolute atomic E-state index is 12.5. The topological polar surface area (TPSA) is 37.4 Å². The van der Waals surface area contributed by atoms with Crippen LogP contribution in [0.4, 0.5) is 4.79 Å². The van der Waals surface area contributed by atoms with E-state index in [0.717, 1.165) is 28.5 Å². The fourth-order valence-corrected chi connectivity index (χ4v) is 3.30. The number of hydrogen-bond acceptors (Lipinski definition) is 3. The molecule has 0 saturated carbocycles. The van der Waals surface area contributed by atoms with E-state index >= 15 is 0 Å². The fraction of sp³-hybridized carbons (Fsp3) is 0.111. The number of nitrogens with zero attached hydrogens (tertiary/aromatic N) is 1. The zero-order valence-electron chi connectivity index (χ0n) is 12.5. The van der Waals surface area contributed by atoms with E-state index in [4.69, 9.17) is 11.6 Å². The molecule has 23 heavy (non-hydrogen) atoms. The summed E-state index contributed by atoms with van der Waals surface area (Å²) >= 11 is 6.91. The van der Waals surface area contributed by atoms with E-state index in [9.17, 15) is 9.59 Å². The number of hydrogen-bond donors (Lipinski definition) is 0. The molecule has 0 atom stereocenters. The van der Waals surface area contributed by atoms with Crippen molar-refractivity contribution >= 4 is 40.6 Å². The van der Waals surface area contributed by atoms with Gasteiger partial charge in [0.05, 0.1) is 11.4 Å². The molecule has 0 aliphatic carbocycles. The summed E-state index contributed by atoms with van der Waals surface area (Å²) < 4.78 is 0. The summed E-state index contributed by atoms with van der Waals surface area (Å²) in [6.07, 6.45) is 1.70. The van der Waals surface area contributed by atoms with E-state index in [2.05, 4.69) is 0 Å². The largest absolute Gasteiger partial charge is 0.293 e. The van der Waals surface area contributed by atoms with Gasteiger partial charge in [-0.05, 0) is 48.0 Å². The molecular weight excluding hydrogens is 330 g/mol. The molecule has 0 radical (unpaired) electrons. The number of halogens is 1. The standard InChI is InChI=1S/C18H14ClNO2S/c1-12-5-7-13(8-6-12)11-20-17(21)16(23-18(20)22)10-14-3-2-4-15(19)9-14/h2-10H,11H2,1H3. The van der Waals surface area contributed by atoms with Crippen molar-refractivity contribution in [3.63, 3.8) is 0 Å². The van der Waals surface area contributed by atoms with Crippen molar-refractivity contribution in [1.82, 2.24) is 4.90 Å². The van der Waals surface area contributed by atoms with E-state index in [1.807, 2.05) is 43.3 Å². The van der Waals surface area contributed by atoms with E-state index in [-0.39, 0.29) is 17.7 Å². The lowest BCUT2D eigenvalue weighted by atomic mass is 10.1. The first-order valence-electron chi connectivity index (χ1n) is 7.09. The van der Waals surface area contributed by atoms with Gasteiger partial charge in [0.1, 0.15) is 0 Å². The second-order valence-electron chi connectivity index (χ2n) is 5.31. The smallest absolute Gasteiger partial charge is 0.268 e. The van der Waals surface area contributed by atoms with Crippen LogP contribution in [0.1, 0.15) is 16.7 Å². The molecular formula is C18H14ClNO2S. The van der Waals surface area contributed by atoms with Crippen LogP contribution in [-0.2, 0) is 11.3 Å². The summed E-state index contributed by atoms with van der Waals surface area (Å²) in [7, 11) is 0. The molecule has 0 aromatic heterocycles. The maximum Gasteiger partial charge on any atom is 0.293 e. The summed E-state index contributed by atoms with van der Waals surface area (Å²) in [5, 5.41) is 0.349. The first-order chi connectivity index (χ1) is 11.0. The zero-order valence-corrected chi connectivity index (χ0v) is 14.0. The predicted molar refractivity (Wildman–Crippen MR) is 94.1 cm³/mol. The Morgan fingerprint density at radius 3 is 2.57 bits per heavy atom. The summed E-state index contributed by atoms with van der Waals surface area (Å²) in [5.74, 6) is -0.263. The summed E-state index contributed by atoms with van der Waals surface area (Å²) in [6, 6.07) is 15.0. The van der Waals surface area contributed by atoms with Crippen molar-refractivity contribution in [3.05, 3.63) is 75.1 Å². The molecule has 2 aromatic rings. The van der Waals surface area contributed by atoms with Crippen molar-refractivity contribution in [2.75, 3.05) is 0 Å². The fourth-order valence-electron chi connectivity index (χ4n) is 2.26. The quantitative estimate of drug-likeness (QED) is 0.745. The molecule has 1 heterocycles. The van der Waals surface area contributed by atoms with Gasteiger partial charge in [-0.2, -0.15) is 0 Å². The van der Waals surface area contributed by atoms with Crippen molar-refractivity contribution in [2.24, 2.45) is 0 Å². The molecule has 2 aromatic carbocycles. The summed E-state index contributed by atoms with van der Waals surface area (Å²) in [6.45, 7) is 2.29. The van der Waals surface area contributed by atoms with Gasteiger partial charge in [-0.3, -0.25) is 14.5 Å². The van der Waals surface area contributed by atoms with Gasteiger partial charge in [-0.15, -0.1) is 0 Å². The molecule has 1 fully saturated rings. The van der Waals surface area contributed by atoms with Crippen LogP contribution in [-0.4, -0.2) is 16.0 Å². The van der Waals surface area contributed by atoms with Gasteiger partial charge in [0.2, 0.25) is 0 Å². The highest BCUT2D eigenvalue weighted by atomic mass is 35.5. The van der Waals surface area contributed by atoms with Gasteiger partial charge in [-0.1, -0.05) is 53.6 Å². The molecule has 1 saturated heterocycles. The molecule has 0 bridgehead atoms. The summed E-state index contributed by atoms with van der Waals surface area (Å²) in [5.41, 5.74) is 2.88. The molecule has 1 aliphatic rings. The third-order valence-electron chi connectivity index (χ3n) is 3.48. The van der Waals surface area contributed by atoms with Crippen LogP contribution in [0, 0.1) is 6.92 Å². The van der Waals surface area contributed by atoms with Crippen LogP contribution in [0.5, 0.6) is 0 Å². The normalized spacial score (nSPS) is 16.4. The lowest BCUT2D eigenvalue weighted by Crippen LogP contribution is -2.27. The number of imide groups is 1. The predicted octanol–water partition coefficient (Wildman–Crippen LogP) is 4.88. The molecule has 0 N–H and O–H groups in total. The van der Waals surface area contributed by atoms with Gasteiger partial charge >= 0.3 is 0 Å². The van der Waals surface area contributed by atoms with Crippen LogP contribution < -0.4 is 0 Å². The van der Waals surface area contributed by atoms with Gasteiger partial charge in [0, 0.05) is 5.02 Å². The zero-order chi connectivity index (χ0) is 16.4. The Morgan fingerprint density at radius 1 is 1.13 bits per heavy atom. The number of amides is 2. The first kappa shape index (κ1) is 15.8. The Labute approximate surface area is 143 Å². The highest BCUT2D eigenvalue weighted by Gasteiger charge is 2.34. The van der Waals surface area contributed by atoms with Crippen molar-refractivity contribution < 1.29 is 9.59 Å². The highest BCUT2D eigenvalue weighted by Crippen LogP contribution is 2.33. The first-order valence-corrected chi connectivity index (χ1v) is 8.29. The number of aryl methyl sites for hydroxylation is 1. The number of thioether (sulfide) groups is 1. The average Bonchev–Trinajstić information content (AvgIpc) is 2.77. The minimum absolute atomic E-state index is 0.246. The van der Waals surface area contributed by atoms with Gasteiger partial charge < -0.3 is 0 Å².